The maximum Gasteiger partial charge on any atom is 0.326 e. The number of carboxylic acid groups (broad SMARTS) is 1. The lowest BCUT2D eigenvalue weighted by molar-refractivity contribution is -0.149. The molecule has 130 valence electrons. The van der Waals surface area contributed by atoms with Crippen molar-refractivity contribution in [3.8, 4) is 0 Å². The Balaban J connectivity index is 2.17. The lowest BCUT2D eigenvalue weighted by atomic mass is 10.0. The van der Waals surface area contributed by atoms with Gasteiger partial charge < -0.3 is 15.3 Å². The Bertz CT molecular complexity index is 647. The van der Waals surface area contributed by atoms with Crippen molar-refractivity contribution in [2.45, 2.75) is 38.8 Å². The smallest absolute Gasteiger partial charge is 0.326 e. The highest BCUT2D eigenvalue weighted by Crippen LogP contribution is 2.21. The van der Waals surface area contributed by atoms with Gasteiger partial charge in [-0.1, -0.05) is 26.0 Å². The van der Waals surface area contributed by atoms with E-state index >= 15 is 0 Å². The molecule has 7 heteroatoms. The predicted molar refractivity (Wildman–Crippen MR) is 92.6 cm³/mol. The molecule has 1 aromatic rings. The molecule has 1 heterocycles. The van der Waals surface area contributed by atoms with E-state index in [0.717, 1.165) is 0 Å². The molecule has 2 N–H and O–H groups in total. The van der Waals surface area contributed by atoms with Crippen molar-refractivity contribution in [3.63, 3.8) is 0 Å². The molecule has 1 unspecified atom stereocenters. The Labute approximate surface area is 149 Å². The molecule has 0 bridgehead atoms. The second kappa shape index (κ2) is 7.79. The summed E-state index contributed by atoms with van der Waals surface area (Å²) in [6, 6.07) is 5.39. The van der Waals surface area contributed by atoms with E-state index in [-0.39, 0.29) is 17.7 Å². The van der Waals surface area contributed by atoms with Crippen molar-refractivity contribution in [2.75, 3.05) is 6.54 Å². The molecule has 1 aromatic carbocycles. The fourth-order valence-electron chi connectivity index (χ4n) is 2.84. The Morgan fingerprint density at radius 1 is 1.29 bits per heavy atom. The molecule has 1 aliphatic rings. The van der Waals surface area contributed by atoms with Crippen molar-refractivity contribution < 1.29 is 19.5 Å². The third kappa shape index (κ3) is 3.95. The molecular weight excluding hydrogens is 376 g/mol. The van der Waals surface area contributed by atoms with Gasteiger partial charge in [-0.2, -0.15) is 0 Å². The zero-order valence-electron chi connectivity index (χ0n) is 13.7. The molecule has 0 aliphatic carbocycles. The van der Waals surface area contributed by atoms with E-state index < -0.39 is 18.1 Å². The molecule has 1 aliphatic heterocycles. The highest BCUT2D eigenvalue weighted by Gasteiger charge is 2.38. The normalized spacial score (nSPS) is 18.5. The van der Waals surface area contributed by atoms with Crippen LogP contribution in [0.15, 0.2) is 28.7 Å². The maximum atomic E-state index is 12.8. The molecule has 0 spiro atoms. The van der Waals surface area contributed by atoms with E-state index in [1.54, 1.807) is 24.3 Å². The number of carbonyl (C=O) groups excluding carboxylic acids is 2. The first kappa shape index (κ1) is 18.4. The van der Waals surface area contributed by atoms with Crippen molar-refractivity contribution in [1.29, 1.82) is 0 Å². The average molecular weight is 397 g/mol. The van der Waals surface area contributed by atoms with Crippen molar-refractivity contribution >= 4 is 33.7 Å². The Hall–Kier alpha value is -1.89. The average Bonchev–Trinajstić information content (AvgIpc) is 3.01. The molecule has 2 rings (SSSR count). The minimum absolute atomic E-state index is 0.154. The van der Waals surface area contributed by atoms with Gasteiger partial charge in [0.25, 0.3) is 5.91 Å². The Morgan fingerprint density at radius 3 is 2.54 bits per heavy atom. The van der Waals surface area contributed by atoms with E-state index in [9.17, 15) is 19.5 Å². The molecule has 1 fully saturated rings. The van der Waals surface area contributed by atoms with Crippen LogP contribution in [0.3, 0.4) is 0 Å². The first-order valence-corrected chi connectivity index (χ1v) is 8.71. The van der Waals surface area contributed by atoms with Crippen molar-refractivity contribution in [3.05, 3.63) is 34.3 Å². The molecule has 1 saturated heterocycles. The molecule has 2 atom stereocenters. The topological polar surface area (TPSA) is 86.7 Å². The zero-order valence-corrected chi connectivity index (χ0v) is 15.2. The number of carbonyl (C=O) groups is 3. The Morgan fingerprint density at radius 2 is 1.96 bits per heavy atom. The third-order valence-corrected chi connectivity index (χ3v) is 4.85. The van der Waals surface area contributed by atoms with Gasteiger partial charge in [-0.25, -0.2) is 4.79 Å². The van der Waals surface area contributed by atoms with Gasteiger partial charge in [0.05, 0.1) is 5.56 Å². The standard InChI is InChI=1S/C17H21BrN2O4/c1-10(2)14(16(22)20-9-5-8-13(20)17(23)24)19-15(21)11-6-3-4-7-12(11)18/h3-4,6-7,10,13-14H,5,8-9H2,1-2H3,(H,19,21)(H,23,24)/t13-,14?/m0/s1. The minimum Gasteiger partial charge on any atom is -0.480 e. The zero-order chi connectivity index (χ0) is 17.9. The van der Waals surface area contributed by atoms with Crippen LogP contribution in [0.5, 0.6) is 0 Å². The van der Waals surface area contributed by atoms with E-state index in [1.165, 1.54) is 4.90 Å². The number of benzene rings is 1. The van der Waals surface area contributed by atoms with E-state index in [0.29, 0.717) is 29.4 Å². The lowest BCUT2D eigenvalue weighted by Crippen LogP contribution is -2.53. The summed E-state index contributed by atoms with van der Waals surface area (Å²) in [5.74, 6) is -1.85. The number of aliphatic carboxylic acids is 1. The third-order valence-electron chi connectivity index (χ3n) is 4.16. The fourth-order valence-corrected chi connectivity index (χ4v) is 3.31. The number of amides is 2. The lowest BCUT2D eigenvalue weighted by Gasteiger charge is -2.29. The minimum atomic E-state index is -1.000. The molecule has 0 radical (unpaired) electrons. The van der Waals surface area contributed by atoms with E-state index in [4.69, 9.17) is 0 Å². The largest absolute Gasteiger partial charge is 0.480 e. The number of likely N-dealkylation sites (tertiary alicyclic amines) is 1. The number of halogens is 1. The van der Waals surface area contributed by atoms with Crippen LogP contribution in [0, 0.1) is 5.92 Å². The van der Waals surface area contributed by atoms with Crippen molar-refractivity contribution in [1.82, 2.24) is 10.2 Å². The monoisotopic (exact) mass is 396 g/mol. The molecule has 2 amide bonds. The second-order valence-corrected chi connectivity index (χ2v) is 7.06. The number of hydrogen-bond donors (Lipinski definition) is 2. The van der Waals surface area contributed by atoms with E-state index in [1.807, 2.05) is 13.8 Å². The van der Waals surface area contributed by atoms with Gasteiger partial charge in [-0.3, -0.25) is 9.59 Å². The van der Waals surface area contributed by atoms with E-state index in [2.05, 4.69) is 21.2 Å². The first-order valence-electron chi connectivity index (χ1n) is 7.91. The van der Waals surface area contributed by atoms with Crippen LogP contribution < -0.4 is 5.32 Å². The summed E-state index contributed by atoms with van der Waals surface area (Å²) in [4.78, 5) is 38.0. The highest BCUT2D eigenvalue weighted by atomic mass is 79.9. The number of nitrogens with zero attached hydrogens (tertiary/aromatic N) is 1. The summed E-state index contributed by atoms with van der Waals surface area (Å²) in [5, 5.41) is 12.0. The van der Waals surface area contributed by atoms with Crippen molar-refractivity contribution in [2.24, 2.45) is 5.92 Å². The number of nitrogens with one attached hydrogen (secondary N) is 1. The molecule has 0 saturated carbocycles. The van der Waals surface area contributed by atoms with Crippen LogP contribution in [0.4, 0.5) is 0 Å². The number of carboxylic acids is 1. The van der Waals surface area contributed by atoms with Gasteiger partial charge in [0.2, 0.25) is 5.91 Å². The van der Waals surface area contributed by atoms with Gasteiger partial charge in [0.1, 0.15) is 12.1 Å². The van der Waals surface area contributed by atoms with Gasteiger partial charge >= 0.3 is 5.97 Å². The fraction of sp³-hybridized carbons (Fsp3) is 0.471. The SMILES string of the molecule is CC(C)C(NC(=O)c1ccccc1Br)C(=O)N1CCC[C@H]1C(=O)O. The quantitative estimate of drug-likeness (QED) is 0.798. The van der Waals surface area contributed by atoms with Gasteiger partial charge in [0.15, 0.2) is 0 Å². The van der Waals surface area contributed by atoms with Crippen LogP contribution in [-0.2, 0) is 9.59 Å². The van der Waals surface area contributed by atoms with Crippen LogP contribution in [0.2, 0.25) is 0 Å². The molecular formula is C17H21BrN2O4. The Kier molecular flexibility index (Phi) is 5.99. The molecule has 24 heavy (non-hydrogen) atoms. The predicted octanol–water partition coefficient (Wildman–Crippen LogP) is 2.28. The van der Waals surface area contributed by atoms with Crippen LogP contribution in [0.25, 0.3) is 0 Å². The summed E-state index contributed by atoms with van der Waals surface area (Å²) < 4.78 is 0.641. The van der Waals surface area contributed by atoms with Gasteiger partial charge in [0, 0.05) is 11.0 Å². The number of hydrogen-bond acceptors (Lipinski definition) is 3. The maximum absolute atomic E-state index is 12.8. The first-order chi connectivity index (χ1) is 11.3. The summed E-state index contributed by atoms with van der Waals surface area (Å²) in [6.45, 7) is 4.06. The van der Waals surface area contributed by atoms with Crippen LogP contribution in [0.1, 0.15) is 37.0 Å². The van der Waals surface area contributed by atoms with Gasteiger partial charge in [-0.15, -0.1) is 0 Å². The molecule has 6 nitrogen and oxygen atoms in total. The number of rotatable bonds is 5. The van der Waals surface area contributed by atoms with Crippen LogP contribution >= 0.6 is 15.9 Å². The van der Waals surface area contributed by atoms with Gasteiger partial charge in [-0.05, 0) is 46.8 Å². The summed E-state index contributed by atoms with van der Waals surface area (Å²) in [6.07, 6.45) is 1.11. The highest BCUT2D eigenvalue weighted by molar-refractivity contribution is 9.10. The molecule has 0 aromatic heterocycles. The summed E-state index contributed by atoms with van der Waals surface area (Å²) in [7, 11) is 0. The summed E-state index contributed by atoms with van der Waals surface area (Å²) in [5.41, 5.74) is 0.437. The summed E-state index contributed by atoms with van der Waals surface area (Å²) >= 11 is 3.32. The second-order valence-electron chi connectivity index (χ2n) is 6.20. The van der Waals surface area contributed by atoms with Crippen LogP contribution in [-0.4, -0.2) is 46.4 Å².